The van der Waals surface area contributed by atoms with E-state index in [0.29, 0.717) is 47.3 Å². The minimum Gasteiger partial charge on any atom is -0.479 e. The van der Waals surface area contributed by atoms with Crippen LogP contribution in [0.3, 0.4) is 0 Å². The van der Waals surface area contributed by atoms with Crippen molar-refractivity contribution in [3.63, 3.8) is 0 Å². The standard InChI is InChI=1S/2C27H37N2.C7H5F3.C6F5.C6H5.CF3.CH3.2Au/c2*1-18(2)22-11-9-12-23(19(3)4)26(22)28-15-16-29(17-28)27-24(20(5)6)13-10-14-25(27)21(7)8;8-7(9,10)6-4-2-1-3-5-6;7-2-1-3(8)5(10)6(11)4(2)9;1-2-4-6-5-3-1;2-1(3)4;;;/h2*9-21H,1-8H3;1-5H;;1-5H;;1H3;;/q2*-1;;4*-1;;. The molecule has 2 aliphatic heterocycles. The molecule has 2 radical (unpaired) electrons. The molecule has 512 valence electrons. The van der Waals surface area contributed by atoms with Gasteiger partial charge in [0.15, 0.2) is 6.68 Å². The molecule has 0 atom stereocenters. The maximum absolute atomic E-state index is 12.0. The summed E-state index contributed by atoms with van der Waals surface area (Å²) in [5.41, 5.74) is 16.0. The van der Waals surface area contributed by atoms with Gasteiger partial charge in [0.1, 0.15) is 0 Å². The number of rotatable bonds is 12. The quantitative estimate of drug-likeness (QED) is 0.0397. The van der Waals surface area contributed by atoms with E-state index in [1.807, 2.05) is 30.3 Å². The van der Waals surface area contributed by atoms with Gasteiger partial charge in [-0.25, -0.2) is 13.2 Å². The zero-order valence-corrected chi connectivity index (χ0v) is 59.7. The first-order valence-electron chi connectivity index (χ1n) is 29.8. The van der Waals surface area contributed by atoms with Crippen molar-refractivity contribution in [1.29, 1.82) is 0 Å². The summed E-state index contributed by atoms with van der Waals surface area (Å²) < 4.78 is 124. The van der Waals surface area contributed by atoms with Gasteiger partial charge < -0.3 is 40.2 Å². The first-order valence-corrected chi connectivity index (χ1v) is 29.8. The van der Waals surface area contributed by atoms with E-state index in [9.17, 15) is 48.3 Å². The van der Waals surface area contributed by atoms with Crippen molar-refractivity contribution in [1.82, 2.24) is 0 Å². The van der Waals surface area contributed by atoms with Crippen LogP contribution in [0.5, 0.6) is 0 Å². The van der Waals surface area contributed by atoms with Crippen LogP contribution in [0, 0.1) is 68.7 Å². The first kappa shape index (κ1) is 83.9. The van der Waals surface area contributed by atoms with Gasteiger partial charge in [-0.2, -0.15) is 49.6 Å². The van der Waals surface area contributed by atoms with Gasteiger partial charge in [0.05, 0.1) is 34.6 Å². The van der Waals surface area contributed by atoms with Crippen molar-refractivity contribution in [2.75, 3.05) is 19.6 Å². The Kier molecular flexibility index (Phi) is 36.1. The van der Waals surface area contributed by atoms with Crippen LogP contribution in [0.15, 0.2) is 158 Å². The number of anilines is 4. The summed E-state index contributed by atoms with van der Waals surface area (Å²) in [6.07, 6.45) is 4.66. The minimum atomic E-state index is -4.21. The number of para-hydroxylation sites is 4. The predicted octanol–water partition coefficient (Wildman–Crippen LogP) is 24.4. The molecule has 0 aliphatic carbocycles. The van der Waals surface area contributed by atoms with Gasteiger partial charge in [0, 0.05) is 67.5 Å². The number of hydrogen-bond donors (Lipinski definition) is 0. The molecule has 7 aromatic rings. The SMILES string of the molecule is CC(C)c1cccc(C(C)C)c1N1C=CN(c2c(C(C)C)cccc2C(C)C)[CH-]1.CC(C)c1cccc(C(C)C)c1N1C=CN(c2c(C(C)C)cccc2C(C)C)[CH-]1.FC(F)(F)c1ccccc1.F[C-](F)F.Fc1[c-]c(F)c(F)c(F)c1F.[Au].[Au].[CH3-].[c-]1ccccc1. The third-order valence-electron chi connectivity index (χ3n) is 14.4. The molecule has 9 rings (SSSR count). The van der Waals surface area contributed by atoms with Crippen LogP contribution in [-0.2, 0) is 50.9 Å². The molecule has 0 fully saturated rings. The second kappa shape index (κ2) is 39.6. The normalized spacial score (nSPS) is 12.4. The fraction of sp³-hybridized carbons (Fsp3) is 0.333. The van der Waals surface area contributed by atoms with E-state index in [-0.39, 0.29) is 52.2 Å². The number of benzene rings is 7. The van der Waals surface area contributed by atoms with E-state index in [1.54, 1.807) is 6.07 Å². The van der Waals surface area contributed by atoms with Crippen molar-refractivity contribution in [3.05, 3.63) is 277 Å². The van der Waals surface area contributed by atoms with Gasteiger partial charge in [-0.15, -0.1) is 19.4 Å². The monoisotopic (exact) mass is 1650 g/mol. The summed E-state index contributed by atoms with van der Waals surface area (Å²) in [6, 6.07) is 46.9. The van der Waals surface area contributed by atoms with E-state index < -0.39 is 47.5 Å². The van der Waals surface area contributed by atoms with Gasteiger partial charge in [0.25, 0.3) is 0 Å². The Hall–Kier alpha value is -6.07. The molecule has 92 heavy (non-hydrogen) atoms. The van der Waals surface area contributed by atoms with Crippen LogP contribution in [-0.4, -0.2) is 0 Å². The Morgan fingerprint density at radius 2 is 0.565 bits per heavy atom. The number of halogens is 11. The van der Waals surface area contributed by atoms with Gasteiger partial charge in [-0.1, -0.05) is 214 Å². The van der Waals surface area contributed by atoms with E-state index >= 15 is 0 Å². The zero-order valence-electron chi connectivity index (χ0n) is 55.3. The fourth-order valence-corrected chi connectivity index (χ4v) is 9.94. The minimum absolute atomic E-state index is 0. The fourth-order valence-electron chi connectivity index (χ4n) is 9.94. The molecule has 0 saturated heterocycles. The smallest absolute Gasteiger partial charge is 0.416 e. The third kappa shape index (κ3) is 23.7. The predicted molar refractivity (Wildman–Crippen MR) is 350 cm³/mol. The molecule has 2 heterocycles. The van der Waals surface area contributed by atoms with Crippen LogP contribution in [0.25, 0.3) is 0 Å². The number of hydrogen-bond acceptors (Lipinski definition) is 4. The molecule has 0 amide bonds. The average molecular weight is 1650 g/mol. The van der Waals surface area contributed by atoms with Crippen LogP contribution >= 0.6 is 0 Å². The molecule has 0 N–H and O–H groups in total. The summed E-state index contributed by atoms with van der Waals surface area (Å²) >= 11 is 0. The van der Waals surface area contributed by atoms with Gasteiger partial charge in [-0.3, -0.25) is 8.78 Å². The first-order chi connectivity index (χ1) is 41.8. The molecule has 0 spiro atoms. The van der Waals surface area contributed by atoms with Crippen molar-refractivity contribution < 1.29 is 93.1 Å². The van der Waals surface area contributed by atoms with Crippen LogP contribution in [0.4, 0.5) is 71.0 Å². The van der Waals surface area contributed by atoms with Gasteiger partial charge in [-0.05, 0) is 117 Å². The Balaban J connectivity index is 0.000000619. The largest absolute Gasteiger partial charge is 0.479 e. The van der Waals surface area contributed by atoms with E-state index in [1.165, 1.54) is 79.4 Å². The van der Waals surface area contributed by atoms with E-state index in [2.05, 4.69) is 247 Å². The molecule has 0 unspecified atom stereocenters. The summed E-state index contributed by atoms with van der Waals surface area (Å²) in [6.45, 7) is 38.0. The molecule has 0 bridgehead atoms. The maximum atomic E-state index is 12.0. The Bertz CT molecular complexity index is 2900. The number of nitrogens with zero attached hydrogens (tertiary/aromatic N) is 4. The second-order valence-corrected chi connectivity index (χ2v) is 23.7. The molecule has 4 nitrogen and oxygen atoms in total. The summed E-state index contributed by atoms with van der Waals surface area (Å²) in [7, 11) is 0. The zero-order chi connectivity index (χ0) is 66.6. The molecule has 7 aromatic carbocycles. The van der Waals surface area contributed by atoms with Crippen LogP contribution in [0.1, 0.15) is 208 Å². The van der Waals surface area contributed by atoms with Crippen LogP contribution in [0.2, 0.25) is 0 Å². The van der Waals surface area contributed by atoms with Gasteiger partial charge in [0.2, 0.25) is 0 Å². The van der Waals surface area contributed by atoms with E-state index in [0.717, 1.165) is 18.2 Å². The van der Waals surface area contributed by atoms with Crippen molar-refractivity contribution >= 4 is 22.7 Å². The topological polar surface area (TPSA) is 13.0 Å². The Labute approximate surface area is 573 Å². The van der Waals surface area contributed by atoms with Crippen LogP contribution < -0.4 is 19.6 Å². The maximum Gasteiger partial charge on any atom is 0.416 e. The Morgan fingerprint density at radius 3 is 0.728 bits per heavy atom. The molecular formula is C75H87Au2F11N4-6. The van der Waals surface area contributed by atoms with Crippen molar-refractivity contribution in [2.45, 2.75) is 164 Å². The van der Waals surface area contributed by atoms with Crippen molar-refractivity contribution in [2.24, 2.45) is 0 Å². The second-order valence-electron chi connectivity index (χ2n) is 23.7. The van der Waals surface area contributed by atoms with E-state index in [4.69, 9.17) is 0 Å². The van der Waals surface area contributed by atoms with Gasteiger partial charge >= 0.3 is 6.18 Å². The molecule has 0 aromatic heterocycles. The summed E-state index contributed by atoms with van der Waals surface area (Å²) in [5.74, 6) is -6.20. The molecule has 2 aliphatic rings. The number of alkyl halides is 3. The third-order valence-corrected chi connectivity index (χ3v) is 14.4. The molecule has 17 heteroatoms. The Morgan fingerprint density at radius 1 is 0.348 bits per heavy atom. The van der Waals surface area contributed by atoms with Crippen molar-refractivity contribution in [3.8, 4) is 0 Å². The molecular weight excluding hydrogens is 1560 g/mol. The summed E-state index contributed by atoms with van der Waals surface area (Å²) in [5, 5.41) is 0. The summed E-state index contributed by atoms with van der Waals surface area (Å²) in [4.78, 5) is 9.30. The average Bonchev–Trinajstić information content (AvgIpc) is 1.57. The molecule has 0 saturated carbocycles.